The maximum Gasteiger partial charge on any atom is 0.167 e. The molecular formula is C15H11Br2FO2. The average molecular weight is 402 g/mol. The molecule has 0 saturated carbocycles. The van der Waals surface area contributed by atoms with E-state index in [-0.39, 0.29) is 18.0 Å². The van der Waals surface area contributed by atoms with Gasteiger partial charge in [0.15, 0.2) is 5.78 Å². The Labute approximate surface area is 133 Å². The Kier molecular flexibility index (Phi) is 4.94. The Hall–Kier alpha value is -1.20. The molecule has 2 nitrogen and oxygen atoms in total. The van der Waals surface area contributed by atoms with Crippen LogP contribution in [-0.2, 0) is 6.42 Å². The van der Waals surface area contributed by atoms with Gasteiger partial charge in [-0.2, -0.15) is 0 Å². The Morgan fingerprint density at radius 2 is 1.90 bits per heavy atom. The van der Waals surface area contributed by atoms with E-state index in [1.807, 2.05) is 12.1 Å². The lowest BCUT2D eigenvalue weighted by Crippen LogP contribution is -2.04. The summed E-state index contributed by atoms with van der Waals surface area (Å²) in [6, 6.07) is 9.74. The summed E-state index contributed by atoms with van der Waals surface area (Å²) >= 11 is 6.46. The van der Waals surface area contributed by atoms with Gasteiger partial charge in [0.1, 0.15) is 11.6 Å². The molecule has 0 atom stereocenters. The first-order valence-electron chi connectivity index (χ1n) is 5.82. The predicted molar refractivity (Wildman–Crippen MR) is 82.8 cm³/mol. The smallest absolute Gasteiger partial charge is 0.167 e. The van der Waals surface area contributed by atoms with Crippen LogP contribution in [0.3, 0.4) is 0 Å². The van der Waals surface area contributed by atoms with Gasteiger partial charge in [0, 0.05) is 12.0 Å². The molecule has 0 aliphatic heterocycles. The van der Waals surface area contributed by atoms with Gasteiger partial charge >= 0.3 is 0 Å². The summed E-state index contributed by atoms with van der Waals surface area (Å²) in [5, 5.41) is 0. The number of benzene rings is 2. The third kappa shape index (κ3) is 3.46. The van der Waals surface area contributed by atoms with E-state index in [0.717, 1.165) is 10.0 Å². The molecule has 20 heavy (non-hydrogen) atoms. The summed E-state index contributed by atoms with van der Waals surface area (Å²) in [4.78, 5) is 12.2. The van der Waals surface area contributed by atoms with Crippen LogP contribution in [0.5, 0.6) is 5.75 Å². The van der Waals surface area contributed by atoms with Crippen LogP contribution in [0, 0.1) is 5.82 Å². The number of hydrogen-bond acceptors (Lipinski definition) is 2. The van der Waals surface area contributed by atoms with Crippen molar-refractivity contribution in [1.29, 1.82) is 0 Å². The van der Waals surface area contributed by atoms with Gasteiger partial charge in [0.2, 0.25) is 0 Å². The number of hydrogen-bond donors (Lipinski definition) is 0. The number of methoxy groups -OCH3 is 1. The first-order chi connectivity index (χ1) is 9.51. The highest BCUT2D eigenvalue weighted by Crippen LogP contribution is 2.26. The zero-order chi connectivity index (χ0) is 14.7. The summed E-state index contributed by atoms with van der Waals surface area (Å²) in [6.07, 6.45) is 0.251. The van der Waals surface area contributed by atoms with Crippen LogP contribution >= 0.6 is 31.9 Å². The first kappa shape index (κ1) is 15.2. The second-order valence-electron chi connectivity index (χ2n) is 4.20. The normalized spacial score (nSPS) is 10.4. The zero-order valence-corrected chi connectivity index (χ0v) is 13.8. The molecule has 104 valence electrons. The van der Waals surface area contributed by atoms with Gasteiger partial charge in [-0.25, -0.2) is 4.39 Å². The van der Waals surface area contributed by atoms with Crippen molar-refractivity contribution in [3.8, 4) is 5.75 Å². The van der Waals surface area contributed by atoms with Crippen molar-refractivity contribution in [2.75, 3.05) is 7.11 Å². The van der Waals surface area contributed by atoms with E-state index in [1.54, 1.807) is 13.2 Å². The number of ether oxygens (including phenoxy) is 1. The quantitative estimate of drug-likeness (QED) is 0.688. The largest absolute Gasteiger partial charge is 0.496 e. The molecule has 0 aliphatic rings. The molecule has 0 unspecified atom stereocenters. The van der Waals surface area contributed by atoms with E-state index in [1.165, 1.54) is 18.2 Å². The van der Waals surface area contributed by atoms with Crippen molar-refractivity contribution in [2.45, 2.75) is 6.42 Å². The molecule has 0 amide bonds. The van der Waals surface area contributed by atoms with Gasteiger partial charge in [-0.3, -0.25) is 4.79 Å². The van der Waals surface area contributed by atoms with Crippen molar-refractivity contribution in [2.24, 2.45) is 0 Å². The highest BCUT2D eigenvalue weighted by Gasteiger charge is 2.11. The van der Waals surface area contributed by atoms with Crippen LogP contribution < -0.4 is 4.74 Å². The fourth-order valence-corrected chi connectivity index (χ4v) is 2.74. The van der Waals surface area contributed by atoms with E-state index in [0.29, 0.717) is 15.8 Å². The molecule has 0 bridgehead atoms. The standard InChI is InChI=1S/C15H11Br2FO2/c1-20-15-5-2-9(6-12(15)17)7-14(19)10-3-4-13(18)11(16)8-10/h2-6,8H,7H2,1H3. The minimum Gasteiger partial charge on any atom is -0.496 e. The second-order valence-corrected chi connectivity index (χ2v) is 5.91. The van der Waals surface area contributed by atoms with Gasteiger partial charge in [-0.1, -0.05) is 6.07 Å². The molecule has 2 aromatic carbocycles. The van der Waals surface area contributed by atoms with Crippen LogP contribution in [0.2, 0.25) is 0 Å². The summed E-state index contributed by atoms with van der Waals surface area (Å²) in [6.45, 7) is 0. The summed E-state index contributed by atoms with van der Waals surface area (Å²) in [5.74, 6) is 0.266. The minimum absolute atomic E-state index is 0.0669. The molecule has 0 spiro atoms. The molecule has 0 aromatic heterocycles. The average Bonchev–Trinajstić information content (AvgIpc) is 2.42. The maximum atomic E-state index is 13.1. The number of Topliss-reactive ketones (excluding diaryl/α,β-unsaturated/α-hetero) is 1. The van der Waals surface area contributed by atoms with Gasteiger partial charge in [-0.15, -0.1) is 0 Å². The summed E-state index contributed by atoms with van der Waals surface area (Å²) < 4.78 is 19.4. The topological polar surface area (TPSA) is 26.3 Å². The van der Waals surface area contributed by atoms with Gasteiger partial charge in [0.25, 0.3) is 0 Å². The minimum atomic E-state index is -0.381. The third-order valence-corrected chi connectivity index (χ3v) is 4.05. The lowest BCUT2D eigenvalue weighted by Gasteiger charge is -2.06. The van der Waals surface area contributed by atoms with Crippen molar-refractivity contribution < 1.29 is 13.9 Å². The SMILES string of the molecule is COc1ccc(CC(=O)c2ccc(F)c(Br)c2)cc1Br. The molecule has 0 N–H and O–H groups in total. The van der Waals surface area contributed by atoms with Crippen molar-refractivity contribution in [3.63, 3.8) is 0 Å². The van der Waals surface area contributed by atoms with E-state index < -0.39 is 0 Å². The third-order valence-electron chi connectivity index (χ3n) is 2.82. The van der Waals surface area contributed by atoms with Crippen LogP contribution in [0.25, 0.3) is 0 Å². The van der Waals surface area contributed by atoms with Crippen molar-refractivity contribution in [1.82, 2.24) is 0 Å². The summed E-state index contributed by atoms with van der Waals surface area (Å²) in [5.41, 5.74) is 1.34. The van der Waals surface area contributed by atoms with Crippen molar-refractivity contribution >= 4 is 37.6 Å². The molecule has 0 fully saturated rings. The fraction of sp³-hybridized carbons (Fsp3) is 0.133. The Morgan fingerprint density at radius 1 is 1.15 bits per heavy atom. The van der Waals surface area contributed by atoms with Crippen LogP contribution in [0.15, 0.2) is 45.3 Å². The van der Waals surface area contributed by atoms with Crippen LogP contribution in [-0.4, -0.2) is 12.9 Å². The van der Waals surface area contributed by atoms with E-state index in [4.69, 9.17) is 4.74 Å². The predicted octanol–water partition coefficient (Wildman–Crippen LogP) is 4.78. The highest BCUT2D eigenvalue weighted by atomic mass is 79.9. The second kappa shape index (κ2) is 6.50. The lowest BCUT2D eigenvalue weighted by molar-refractivity contribution is 0.0993. The zero-order valence-electron chi connectivity index (χ0n) is 10.6. The van der Waals surface area contributed by atoms with E-state index >= 15 is 0 Å². The molecule has 2 rings (SSSR count). The lowest BCUT2D eigenvalue weighted by atomic mass is 10.0. The van der Waals surface area contributed by atoms with Gasteiger partial charge in [-0.05, 0) is 67.8 Å². The fourth-order valence-electron chi connectivity index (χ4n) is 1.78. The van der Waals surface area contributed by atoms with E-state index in [2.05, 4.69) is 31.9 Å². The Balaban J connectivity index is 2.19. The van der Waals surface area contributed by atoms with Gasteiger partial charge < -0.3 is 4.74 Å². The molecular weight excluding hydrogens is 391 g/mol. The molecule has 5 heteroatoms. The Morgan fingerprint density at radius 3 is 2.50 bits per heavy atom. The van der Waals surface area contributed by atoms with Crippen molar-refractivity contribution in [3.05, 3.63) is 62.3 Å². The monoisotopic (exact) mass is 400 g/mol. The molecule has 0 heterocycles. The molecule has 0 aliphatic carbocycles. The highest BCUT2D eigenvalue weighted by molar-refractivity contribution is 9.10. The summed E-state index contributed by atoms with van der Waals surface area (Å²) in [7, 11) is 1.58. The number of ketones is 1. The number of carbonyl (C=O) groups excluding carboxylic acids is 1. The van der Waals surface area contributed by atoms with Crippen LogP contribution in [0.1, 0.15) is 15.9 Å². The molecule has 0 radical (unpaired) electrons. The van der Waals surface area contributed by atoms with E-state index in [9.17, 15) is 9.18 Å². The van der Waals surface area contributed by atoms with Crippen LogP contribution in [0.4, 0.5) is 4.39 Å². The molecule has 0 saturated heterocycles. The first-order valence-corrected chi connectivity index (χ1v) is 7.40. The molecule has 2 aromatic rings. The number of rotatable bonds is 4. The Bertz CT molecular complexity index is 656. The number of carbonyl (C=O) groups is 1. The maximum absolute atomic E-state index is 13.1. The number of halogens is 3. The van der Waals surface area contributed by atoms with Gasteiger partial charge in [0.05, 0.1) is 16.1 Å².